The number of aromatic hydroxyl groups is 2. The molecule has 0 aliphatic rings. The van der Waals surface area contributed by atoms with Gasteiger partial charge >= 0.3 is 0 Å². The normalized spacial score (nSPS) is 12.5. The van der Waals surface area contributed by atoms with Crippen LogP contribution in [0.15, 0.2) is 12.1 Å². The van der Waals surface area contributed by atoms with Gasteiger partial charge in [0.15, 0.2) is 11.5 Å². The number of phenolic OH excluding ortho intramolecular Hbond substituents is 2. The van der Waals surface area contributed by atoms with Gasteiger partial charge in [-0.05, 0) is 43.5 Å². The van der Waals surface area contributed by atoms with Crippen molar-refractivity contribution >= 4 is 5.78 Å². The van der Waals surface area contributed by atoms with Crippen molar-refractivity contribution in [2.24, 2.45) is 5.73 Å². The van der Waals surface area contributed by atoms with E-state index in [4.69, 9.17) is 5.73 Å². The van der Waals surface area contributed by atoms with Gasteiger partial charge in [0.05, 0.1) is 6.04 Å². The van der Waals surface area contributed by atoms with E-state index in [0.717, 1.165) is 11.1 Å². The average Bonchev–Trinajstić information content (AvgIpc) is 2.13. The number of aryl methyl sites for hydroxylation is 1. The summed E-state index contributed by atoms with van der Waals surface area (Å²) in [5.74, 6) is -0.444. The third-order valence-corrected chi connectivity index (χ3v) is 2.40. The lowest BCUT2D eigenvalue weighted by molar-refractivity contribution is -0.118. The fourth-order valence-corrected chi connectivity index (χ4v) is 1.33. The van der Waals surface area contributed by atoms with Crippen molar-refractivity contribution in [1.82, 2.24) is 0 Å². The Morgan fingerprint density at radius 3 is 2.47 bits per heavy atom. The second-order valence-electron chi connectivity index (χ2n) is 3.69. The number of ketones is 1. The molecule has 1 unspecified atom stereocenters. The molecule has 15 heavy (non-hydrogen) atoms. The van der Waals surface area contributed by atoms with E-state index in [2.05, 4.69) is 0 Å². The number of carbonyl (C=O) groups excluding carboxylic acids is 1. The molecule has 82 valence electrons. The van der Waals surface area contributed by atoms with E-state index in [1.807, 2.05) is 0 Å². The zero-order valence-corrected chi connectivity index (χ0v) is 8.82. The Kier molecular flexibility index (Phi) is 3.31. The van der Waals surface area contributed by atoms with Crippen LogP contribution in [0.2, 0.25) is 0 Å². The highest BCUT2D eigenvalue weighted by atomic mass is 16.3. The first-order valence-corrected chi connectivity index (χ1v) is 4.69. The number of benzene rings is 1. The van der Waals surface area contributed by atoms with E-state index in [9.17, 15) is 15.0 Å². The first-order valence-electron chi connectivity index (χ1n) is 4.69. The van der Waals surface area contributed by atoms with Gasteiger partial charge in [-0.15, -0.1) is 0 Å². The van der Waals surface area contributed by atoms with Crippen molar-refractivity contribution in [3.05, 3.63) is 23.3 Å². The Labute approximate surface area is 88.3 Å². The molecule has 0 aliphatic carbocycles. The molecular formula is C11H15NO3. The fourth-order valence-electron chi connectivity index (χ4n) is 1.33. The summed E-state index contributed by atoms with van der Waals surface area (Å²) < 4.78 is 0. The molecular weight excluding hydrogens is 194 g/mol. The summed E-state index contributed by atoms with van der Waals surface area (Å²) >= 11 is 0. The topological polar surface area (TPSA) is 83.6 Å². The first kappa shape index (κ1) is 11.5. The molecule has 0 aliphatic heterocycles. The largest absolute Gasteiger partial charge is 0.504 e. The van der Waals surface area contributed by atoms with Crippen LogP contribution in [0, 0.1) is 6.92 Å². The molecule has 0 spiro atoms. The number of carbonyl (C=O) groups is 1. The predicted molar refractivity (Wildman–Crippen MR) is 56.9 cm³/mol. The molecule has 0 saturated heterocycles. The maximum Gasteiger partial charge on any atom is 0.157 e. The van der Waals surface area contributed by atoms with Crippen LogP contribution in [0.1, 0.15) is 18.1 Å². The maximum atomic E-state index is 11.0. The monoisotopic (exact) mass is 209 g/mol. The molecule has 1 aromatic rings. The zero-order valence-electron chi connectivity index (χ0n) is 8.82. The number of hydrogen-bond acceptors (Lipinski definition) is 4. The molecule has 0 radical (unpaired) electrons. The van der Waals surface area contributed by atoms with Gasteiger partial charge in [-0.3, -0.25) is 4.79 Å². The van der Waals surface area contributed by atoms with Gasteiger partial charge in [-0.2, -0.15) is 0 Å². The van der Waals surface area contributed by atoms with Gasteiger partial charge in [0.2, 0.25) is 0 Å². The molecule has 1 aromatic carbocycles. The SMILES string of the molecule is CC(=O)C(N)Cc1cc(O)c(O)cc1C. The smallest absolute Gasteiger partial charge is 0.157 e. The van der Waals surface area contributed by atoms with Crippen molar-refractivity contribution in [1.29, 1.82) is 0 Å². The summed E-state index contributed by atoms with van der Waals surface area (Å²) in [6.45, 7) is 3.22. The Bertz CT molecular complexity index is 388. The number of Topliss-reactive ketones (excluding diaryl/α,β-unsaturated/α-hetero) is 1. The summed E-state index contributed by atoms with van der Waals surface area (Å²) in [6, 6.07) is 2.33. The minimum atomic E-state index is -0.562. The van der Waals surface area contributed by atoms with Crippen molar-refractivity contribution in [3.63, 3.8) is 0 Å². The quantitative estimate of drug-likeness (QED) is 0.645. The number of phenols is 2. The molecule has 0 fully saturated rings. The van der Waals surface area contributed by atoms with Crippen molar-refractivity contribution in [2.75, 3.05) is 0 Å². The fraction of sp³-hybridized carbons (Fsp3) is 0.364. The van der Waals surface area contributed by atoms with Gasteiger partial charge in [0, 0.05) is 0 Å². The van der Waals surface area contributed by atoms with Crippen LogP contribution in [0.5, 0.6) is 11.5 Å². The Hall–Kier alpha value is -1.55. The lowest BCUT2D eigenvalue weighted by atomic mass is 9.99. The van der Waals surface area contributed by atoms with Gasteiger partial charge in [-0.1, -0.05) is 0 Å². The number of hydrogen-bond donors (Lipinski definition) is 3. The molecule has 4 N–H and O–H groups in total. The van der Waals surface area contributed by atoms with Crippen LogP contribution < -0.4 is 5.73 Å². The molecule has 0 aromatic heterocycles. The summed E-state index contributed by atoms with van der Waals surface area (Å²) in [7, 11) is 0. The van der Waals surface area contributed by atoms with Gasteiger partial charge in [0.25, 0.3) is 0 Å². The predicted octanol–water partition coefficient (Wildman–Crippen LogP) is 0.865. The number of nitrogens with two attached hydrogens (primary N) is 1. The Morgan fingerprint density at radius 1 is 1.40 bits per heavy atom. The highest BCUT2D eigenvalue weighted by molar-refractivity contribution is 5.81. The summed E-state index contributed by atoms with van der Waals surface area (Å²) in [5.41, 5.74) is 7.19. The van der Waals surface area contributed by atoms with Crippen molar-refractivity contribution in [2.45, 2.75) is 26.3 Å². The van der Waals surface area contributed by atoms with Crippen molar-refractivity contribution in [3.8, 4) is 11.5 Å². The average molecular weight is 209 g/mol. The molecule has 1 rings (SSSR count). The van der Waals surface area contributed by atoms with E-state index >= 15 is 0 Å². The minimum absolute atomic E-state index is 0.0954. The van der Waals surface area contributed by atoms with Crippen LogP contribution in [-0.2, 0) is 11.2 Å². The third kappa shape index (κ3) is 2.70. The van der Waals surface area contributed by atoms with Crippen LogP contribution in [0.25, 0.3) is 0 Å². The van der Waals surface area contributed by atoms with E-state index in [-0.39, 0.29) is 17.3 Å². The molecule has 4 heteroatoms. The van der Waals surface area contributed by atoms with Crippen LogP contribution in [-0.4, -0.2) is 22.0 Å². The third-order valence-electron chi connectivity index (χ3n) is 2.40. The van der Waals surface area contributed by atoms with E-state index in [1.54, 1.807) is 6.92 Å². The van der Waals surface area contributed by atoms with Crippen LogP contribution in [0.3, 0.4) is 0 Å². The van der Waals surface area contributed by atoms with Crippen LogP contribution in [0.4, 0.5) is 0 Å². The van der Waals surface area contributed by atoms with E-state index in [0.29, 0.717) is 6.42 Å². The highest BCUT2D eigenvalue weighted by Gasteiger charge is 2.12. The molecule has 1 atom stereocenters. The molecule has 0 bridgehead atoms. The highest BCUT2D eigenvalue weighted by Crippen LogP contribution is 2.28. The second-order valence-corrected chi connectivity index (χ2v) is 3.69. The first-order chi connectivity index (χ1) is 6.91. The molecule has 0 saturated carbocycles. The van der Waals surface area contributed by atoms with Crippen LogP contribution >= 0.6 is 0 Å². The van der Waals surface area contributed by atoms with E-state index < -0.39 is 6.04 Å². The molecule has 0 amide bonds. The molecule has 0 heterocycles. The maximum absolute atomic E-state index is 11.0. The molecule has 4 nitrogen and oxygen atoms in total. The minimum Gasteiger partial charge on any atom is -0.504 e. The summed E-state index contributed by atoms with van der Waals surface area (Å²) in [6.07, 6.45) is 0.370. The zero-order chi connectivity index (χ0) is 11.6. The van der Waals surface area contributed by atoms with Gasteiger partial charge < -0.3 is 15.9 Å². The van der Waals surface area contributed by atoms with E-state index in [1.165, 1.54) is 19.1 Å². The summed E-state index contributed by atoms with van der Waals surface area (Å²) in [4.78, 5) is 11.0. The standard InChI is InChI=1S/C11H15NO3/c1-6-3-10(14)11(15)5-8(6)4-9(12)7(2)13/h3,5,9,14-15H,4,12H2,1-2H3. The number of rotatable bonds is 3. The summed E-state index contributed by atoms with van der Waals surface area (Å²) in [5, 5.41) is 18.5. The lowest BCUT2D eigenvalue weighted by Gasteiger charge is -2.11. The second kappa shape index (κ2) is 4.31. The Morgan fingerprint density at radius 2 is 1.93 bits per heavy atom. The lowest BCUT2D eigenvalue weighted by Crippen LogP contribution is -2.30. The van der Waals surface area contributed by atoms with Gasteiger partial charge in [-0.25, -0.2) is 0 Å². The van der Waals surface area contributed by atoms with Crippen molar-refractivity contribution < 1.29 is 15.0 Å². The van der Waals surface area contributed by atoms with Gasteiger partial charge in [0.1, 0.15) is 5.78 Å². The Balaban J connectivity index is 2.95.